The third-order valence-corrected chi connectivity index (χ3v) is 3.51. The molecule has 2 rings (SSSR count). The van der Waals surface area contributed by atoms with Gasteiger partial charge in [0.15, 0.2) is 0 Å². The molecule has 0 amide bonds. The van der Waals surface area contributed by atoms with E-state index in [1.54, 1.807) is 0 Å². The van der Waals surface area contributed by atoms with Crippen molar-refractivity contribution in [2.24, 2.45) is 0 Å². The van der Waals surface area contributed by atoms with E-state index in [-0.39, 0.29) is 5.69 Å². The standard InChI is InChI=1S/C13H17F3N2/c1-2-10-4-3-7-18(10)12-6-5-9(8-11(12)17)13(14,15)16/h5-6,8,10H,2-4,7,17H2,1H3. The Balaban J connectivity index is 2.30. The number of rotatable bonds is 2. The van der Waals surface area contributed by atoms with Crippen LogP contribution in [-0.4, -0.2) is 12.6 Å². The first kappa shape index (κ1) is 13.1. The summed E-state index contributed by atoms with van der Waals surface area (Å²) in [6.07, 6.45) is -1.20. The molecule has 100 valence electrons. The van der Waals surface area contributed by atoms with Crippen LogP contribution in [0, 0.1) is 0 Å². The Kier molecular flexibility index (Phi) is 3.41. The lowest BCUT2D eigenvalue weighted by Crippen LogP contribution is -2.29. The van der Waals surface area contributed by atoms with E-state index in [2.05, 4.69) is 11.8 Å². The number of halogens is 3. The molecular weight excluding hydrogens is 241 g/mol. The number of nitrogens with two attached hydrogens (primary N) is 1. The van der Waals surface area contributed by atoms with Crippen LogP contribution in [0.2, 0.25) is 0 Å². The molecule has 0 radical (unpaired) electrons. The maximum Gasteiger partial charge on any atom is 0.416 e. The minimum atomic E-state index is -4.33. The van der Waals surface area contributed by atoms with Crippen molar-refractivity contribution in [3.63, 3.8) is 0 Å². The van der Waals surface area contributed by atoms with Crippen molar-refractivity contribution in [3.05, 3.63) is 23.8 Å². The van der Waals surface area contributed by atoms with Gasteiger partial charge >= 0.3 is 6.18 Å². The Labute approximate surface area is 105 Å². The molecule has 1 aliphatic rings. The predicted octanol–water partition coefficient (Wildman–Crippen LogP) is 3.67. The molecule has 2 nitrogen and oxygen atoms in total. The van der Waals surface area contributed by atoms with E-state index in [0.717, 1.165) is 43.6 Å². The van der Waals surface area contributed by atoms with Crippen LogP contribution in [0.25, 0.3) is 0 Å². The van der Waals surface area contributed by atoms with E-state index in [1.165, 1.54) is 6.07 Å². The molecule has 0 aromatic heterocycles. The Bertz CT molecular complexity index is 429. The van der Waals surface area contributed by atoms with Gasteiger partial charge in [0.25, 0.3) is 0 Å². The van der Waals surface area contributed by atoms with Gasteiger partial charge < -0.3 is 10.6 Å². The van der Waals surface area contributed by atoms with Gasteiger partial charge in [0.05, 0.1) is 16.9 Å². The van der Waals surface area contributed by atoms with E-state index in [1.807, 2.05) is 0 Å². The number of hydrogen-bond acceptors (Lipinski definition) is 2. The van der Waals surface area contributed by atoms with Crippen molar-refractivity contribution in [3.8, 4) is 0 Å². The minimum absolute atomic E-state index is 0.213. The molecule has 1 aromatic carbocycles. The highest BCUT2D eigenvalue weighted by molar-refractivity contribution is 5.69. The quantitative estimate of drug-likeness (QED) is 0.820. The van der Waals surface area contributed by atoms with Gasteiger partial charge in [-0.05, 0) is 37.5 Å². The number of anilines is 2. The van der Waals surface area contributed by atoms with Crippen molar-refractivity contribution in [1.82, 2.24) is 0 Å². The second-order valence-corrected chi connectivity index (χ2v) is 4.67. The van der Waals surface area contributed by atoms with Crippen molar-refractivity contribution in [1.29, 1.82) is 0 Å². The number of nitrogens with zero attached hydrogens (tertiary/aromatic N) is 1. The average Bonchev–Trinajstić information content (AvgIpc) is 2.75. The average molecular weight is 258 g/mol. The van der Waals surface area contributed by atoms with Crippen LogP contribution < -0.4 is 10.6 Å². The van der Waals surface area contributed by atoms with E-state index in [0.29, 0.717) is 6.04 Å². The number of hydrogen-bond donors (Lipinski definition) is 1. The first-order chi connectivity index (χ1) is 8.43. The topological polar surface area (TPSA) is 29.3 Å². The zero-order chi connectivity index (χ0) is 13.3. The molecule has 0 spiro atoms. The molecule has 0 aliphatic carbocycles. The van der Waals surface area contributed by atoms with Crippen LogP contribution >= 0.6 is 0 Å². The lowest BCUT2D eigenvalue weighted by molar-refractivity contribution is -0.137. The van der Waals surface area contributed by atoms with Crippen molar-refractivity contribution in [2.45, 2.75) is 38.4 Å². The molecule has 1 heterocycles. The third-order valence-electron chi connectivity index (χ3n) is 3.51. The maximum atomic E-state index is 12.6. The van der Waals surface area contributed by atoms with Crippen LogP contribution in [0.1, 0.15) is 31.7 Å². The van der Waals surface area contributed by atoms with Crippen LogP contribution in [0.4, 0.5) is 24.5 Å². The Morgan fingerprint density at radius 3 is 2.67 bits per heavy atom. The van der Waals surface area contributed by atoms with Gasteiger partial charge in [0.1, 0.15) is 0 Å². The fraction of sp³-hybridized carbons (Fsp3) is 0.538. The number of alkyl halides is 3. The lowest BCUT2D eigenvalue weighted by Gasteiger charge is -2.27. The highest BCUT2D eigenvalue weighted by Gasteiger charge is 2.32. The monoisotopic (exact) mass is 258 g/mol. The van der Waals surface area contributed by atoms with Gasteiger partial charge in [-0.2, -0.15) is 13.2 Å². The van der Waals surface area contributed by atoms with Gasteiger partial charge in [-0.25, -0.2) is 0 Å². The Morgan fingerprint density at radius 1 is 1.39 bits per heavy atom. The smallest absolute Gasteiger partial charge is 0.397 e. The first-order valence-corrected chi connectivity index (χ1v) is 6.17. The highest BCUT2D eigenvalue weighted by atomic mass is 19.4. The summed E-state index contributed by atoms with van der Waals surface area (Å²) in [6.45, 7) is 2.96. The van der Waals surface area contributed by atoms with E-state index in [9.17, 15) is 13.2 Å². The zero-order valence-corrected chi connectivity index (χ0v) is 10.3. The second-order valence-electron chi connectivity index (χ2n) is 4.67. The van der Waals surface area contributed by atoms with Gasteiger partial charge in [-0.1, -0.05) is 6.92 Å². The molecule has 1 aliphatic heterocycles. The summed E-state index contributed by atoms with van der Waals surface area (Å²) < 4.78 is 37.7. The summed E-state index contributed by atoms with van der Waals surface area (Å²) in [6, 6.07) is 4.02. The van der Waals surface area contributed by atoms with Crippen molar-refractivity contribution in [2.75, 3.05) is 17.2 Å². The maximum absolute atomic E-state index is 12.6. The molecule has 1 saturated heterocycles. The van der Waals surface area contributed by atoms with Crippen LogP contribution in [0.5, 0.6) is 0 Å². The molecule has 1 atom stereocenters. The zero-order valence-electron chi connectivity index (χ0n) is 10.3. The summed E-state index contributed by atoms with van der Waals surface area (Å²) in [5.41, 5.74) is 6.03. The van der Waals surface area contributed by atoms with Gasteiger partial charge in [-0.15, -0.1) is 0 Å². The molecule has 5 heteroatoms. The third kappa shape index (κ3) is 2.40. The SMILES string of the molecule is CCC1CCCN1c1ccc(C(F)(F)F)cc1N. The molecule has 0 saturated carbocycles. The summed E-state index contributed by atoms with van der Waals surface area (Å²) in [5.74, 6) is 0. The summed E-state index contributed by atoms with van der Waals surface area (Å²) >= 11 is 0. The van der Waals surface area contributed by atoms with Crippen molar-refractivity contribution < 1.29 is 13.2 Å². The fourth-order valence-corrected chi connectivity index (χ4v) is 2.57. The fourth-order valence-electron chi connectivity index (χ4n) is 2.57. The molecule has 1 unspecified atom stereocenters. The summed E-state index contributed by atoms with van der Waals surface area (Å²) in [7, 11) is 0. The van der Waals surface area contributed by atoms with Crippen LogP contribution in [0.15, 0.2) is 18.2 Å². The molecule has 1 aromatic rings. The highest BCUT2D eigenvalue weighted by Crippen LogP contribution is 2.36. The normalized spacial score (nSPS) is 20.4. The minimum Gasteiger partial charge on any atom is -0.397 e. The van der Waals surface area contributed by atoms with Crippen LogP contribution in [-0.2, 0) is 6.18 Å². The van der Waals surface area contributed by atoms with E-state index >= 15 is 0 Å². The Hall–Kier alpha value is -1.39. The number of benzene rings is 1. The number of nitrogen functional groups attached to an aromatic ring is 1. The second kappa shape index (κ2) is 4.71. The lowest BCUT2D eigenvalue weighted by atomic mass is 10.1. The predicted molar refractivity (Wildman–Crippen MR) is 66.5 cm³/mol. The van der Waals surface area contributed by atoms with Gasteiger partial charge in [-0.3, -0.25) is 0 Å². The first-order valence-electron chi connectivity index (χ1n) is 6.17. The summed E-state index contributed by atoms with van der Waals surface area (Å²) in [5, 5.41) is 0. The van der Waals surface area contributed by atoms with E-state index < -0.39 is 11.7 Å². The molecular formula is C13H17F3N2. The summed E-state index contributed by atoms with van der Waals surface area (Å²) in [4.78, 5) is 2.12. The largest absolute Gasteiger partial charge is 0.416 e. The molecule has 0 bridgehead atoms. The van der Waals surface area contributed by atoms with Crippen LogP contribution in [0.3, 0.4) is 0 Å². The molecule has 2 N–H and O–H groups in total. The molecule has 18 heavy (non-hydrogen) atoms. The van der Waals surface area contributed by atoms with Crippen molar-refractivity contribution >= 4 is 11.4 Å². The van der Waals surface area contributed by atoms with Gasteiger partial charge in [0.2, 0.25) is 0 Å². The molecule has 1 fully saturated rings. The Morgan fingerprint density at radius 2 is 2.11 bits per heavy atom. The van der Waals surface area contributed by atoms with Gasteiger partial charge in [0, 0.05) is 12.6 Å². The van der Waals surface area contributed by atoms with E-state index in [4.69, 9.17) is 5.73 Å².